The Morgan fingerprint density at radius 3 is 2.69 bits per heavy atom. The molecule has 1 aliphatic rings. The molecule has 4 nitrogen and oxygen atoms in total. The predicted octanol–water partition coefficient (Wildman–Crippen LogP) is 1.09. The number of esters is 1. The Bertz CT molecular complexity index is 204. The highest BCUT2D eigenvalue weighted by atomic mass is 16.8. The monoisotopic (exact) mass is 188 g/mol. The normalized spacial score (nSPS) is 35.8. The Kier molecular flexibility index (Phi) is 2.93. The van der Waals surface area contributed by atoms with E-state index in [0.29, 0.717) is 6.61 Å². The van der Waals surface area contributed by atoms with Crippen LogP contribution in [0.3, 0.4) is 0 Å². The Hall–Kier alpha value is -0.610. The van der Waals surface area contributed by atoms with Crippen molar-refractivity contribution in [2.45, 2.75) is 45.7 Å². The topological polar surface area (TPSA) is 44.8 Å². The van der Waals surface area contributed by atoms with E-state index in [-0.39, 0.29) is 18.2 Å². The van der Waals surface area contributed by atoms with Gasteiger partial charge in [0.25, 0.3) is 0 Å². The van der Waals surface area contributed by atoms with Crippen molar-refractivity contribution in [1.29, 1.82) is 0 Å². The van der Waals surface area contributed by atoms with Crippen molar-refractivity contribution in [2.75, 3.05) is 6.61 Å². The minimum absolute atomic E-state index is 0.0583. The molecule has 0 amide bonds. The van der Waals surface area contributed by atoms with E-state index in [1.54, 1.807) is 13.8 Å². The van der Waals surface area contributed by atoms with Crippen molar-refractivity contribution in [1.82, 2.24) is 0 Å². The SMILES string of the molecule is CC(=O)OC(C)C1(C)OCC(C)O1. The van der Waals surface area contributed by atoms with Gasteiger partial charge in [-0.15, -0.1) is 0 Å². The van der Waals surface area contributed by atoms with Crippen LogP contribution in [0.15, 0.2) is 0 Å². The second kappa shape index (κ2) is 3.64. The van der Waals surface area contributed by atoms with Crippen molar-refractivity contribution in [3.63, 3.8) is 0 Å². The van der Waals surface area contributed by atoms with Gasteiger partial charge in [-0.25, -0.2) is 0 Å². The van der Waals surface area contributed by atoms with Gasteiger partial charge in [0.15, 0.2) is 6.10 Å². The van der Waals surface area contributed by atoms with Gasteiger partial charge in [0, 0.05) is 6.92 Å². The molecule has 0 saturated carbocycles. The first-order valence-corrected chi connectivity index (χ1v) is 4.43. The van der Waals surface area contributed by atoms with E-state index in [0.717, 1.165) is 0 Å². The van der Waals surface area contributed by atoms with Crippen LogP contribution >= 0.6 is 0 Å². The van der Waals surface area contributed by atoms with Crippen molar-refractivity contribution < 1.29 is 19.0 Å². The summed E-state index contributed by atoms with van der Waals surface area (Å²) in [6.45, 7) is 7.38. The summed E-state index contributed by atoms with van der Waals surface area (Å²) in [5.41, 5.74) is 0. The van der Waals surface area contributed by atoms with Gasteiger partial charge in [-0.1, -0.05) is 0 Å². The van der Waals surface area contributed by atoms with Crippen LogP contribution in [0.5, 0.6) is 0 Å². The second-order valence-electron chi connectivity index (χ2n) is 3.51. The molecule has 3 unspecified atom stereocenters. The third-order valence-electron chi connectivity index (χ3n) is 2.12. The zero-order chi connectivity index (χ0) is 10.1. The highest BCUT2D eigenvalue weighted by molar-refractivity contribution is 5.66. The first kappa shape index (κ1) is 10.5. The standard InChI is InChI=1S/C9H16O4/c1-6-5-11-9(4,13-6)7(2)12-8(3)10/h6-7H,5H2,1-4H3. The first-order valence-electron chi connectivity index (χ1n) is 4.43. The van der Waals surface area contributed by atoms with Gasteiger partial charge >= 0.3 is 5.97 Å². The summed E-state index contributed by atoms with van der Waals surface area (Å²) in [5, 5.41) is 0. The van der Waals surface area contributed by atoms with Crippen LogP contribution in [-0.2, 0) is 19.0 Å². The number of ether oxygens (including phenoxy) is 3. The molecule has 0 spiro atoms. The van der Waals surface area contributed by atoms with Crippen molar-refractivity contribution in [3.8, 4) is 0 Å². The molecule has 0 aromatic carbocycles. The van der Waals surface area contributed by atoms with Crippen LogP contribution in [0.4, 0.5) is 0 Å². The summed E-state index contributed by atoms with van der Waals surface area (Å²) >= 11 is 0. The number of carbonyl (C=O) groups excluding carboxylic acids is 1. The summed E-state index contributed by atoms with van der Waals surface area (Å²) in [6, 6.07) is 0. The summed E-state index contributed by atoms with van der Waals surface area (Å²) in [7, 11) is 0. The maximum atomic E-state index is 10.7. The molecule has 1 saturated heterocycles. The molecular weight excluding hydrogens is 172 g/mol. The van der Waals surface area contributed by atoms with E-state index in [4.69, 9.17) is 14.2 Å². The molecule has 1 rings (SSSR count). The molecular formula is C9H16O4. The number of rotatable bonds is 2. The predicted molar refractivity (Wildman–Crippen MR) is 46.1 cm³/mol. The van der Waals surface area contributed by atoms with E-state index in [1.807, 2.05) is 6.92 Å². The fraction of sp³-hybridized carbons (Fsp3) is 0.889. The molecule has 1 heterocycles. The van der Waals surface area contributed by atoms with Gasteiger partial charge in [0.05, 0.1) is 12.7 Å². The van der Waals surface area contributed by atoms with Gasteiger partial charge in [0.1, 0.15) is 0 Å². The van der Waals surface area contributed by atoms with Gasteiger partial charge in [-0.2, -0.15) is 0 Å². The molecule has 0 aliphatic carbocycles. The molecule has 1 aliphatic heterocycles. The number of hydrogen-bond donors (Lipinski definition) is 0. The zero-order valence-corrected chi connectivity index (χ0v) is 8.49. The molecule has 76 valence electrons. The zero-order valence-electron chi connectivity index (χ0n) is 8.49. The average molecular weight is 188 g/mol. The lowest BCUT2D eigenvalue weighted by molar-refractivity contribution is -0.222. The Balaban J connectivity index is 2.54. The Morgan fingerprint density at radius 2 is 2.31 bits per heavy atom. The van der Waals surface area contributed by atoms with Crippen LogP contribution in [-0.4, -0.2) is 30.6 Å². The van der Waals surface area contributed by atoms with Crippen LogP contribution in [0, 0.1) is 0 Å². The molecule has 13 heavy (non-hydrogen) atoms. The van der Waals surface area contributed by atoms with Gasteiger partial charge < -0.3 is 14.2 Å². The van der Waals surface area contributed by atoms with Crippen molar-refractivity contribution >= 4 is 5.97 Å². The highest BCUT2D eigenvalue weighted by Crippen LogP contribution is 2.28. The van der Waals surface area contributed by atoms with E-state index in [1.165, 1.54) is 6.92 Å². The first-order chi connectivity index (χ1) is 5.94. The summed E-state index contributed by atoms with van der Waals surface area (Å²) < 4.78 is 15.9. The Labute approximate surface area is 78.2 Å². The van der Waals surface area contributed by atoms with E-state index in [2.05, 4.69) is 0 Å². The molecule has 0 aromatic rings. The van der Waals surface area contributed by atoms with E-state index in [9.17, 15) is 4.79 Å². The lowest BCUT2D eigenvalue weighted by atomic mass is 10.2. The summed E-state index contributed by atoms with van der Waals surface area (Å²) in [6.07, 6.45) is -0.321. The van der Waals surface area contributed by atoms with Crippen molar-refractivity contribution in [2.24, 2.45) is 0 Å². The van der Waals surface area contributed by atoms with E-state index >= 15 is 0 Å². The molecule has 4 heteroatoms. The molecule has 0 radical (unpaired) electrons. The number of carbonyl (C=O) groups is 1. The maximum absolute atomic E-state index is 10.7. The minimum Gasteiger partial charge on any atom is -0.457 e. The van der Waals surface area contributed by atoms with Crippen LogP contribution in [0.1, 0.15) is 27.7 Å². The molecule has 0 bridgehead atoms. The van der Waals surface area contributed by atoms with Crippen LogP contribution in [0.2, 0.25) is 0 Å². The average Bonchev–Trinajstić information content (AvgIpc) is 2.31. The largest absolute Gasteiger partial charge is 0.457 e. The second-order valence-corrected chi connectivity index (χ2v) is 3.51. The van der Waals surface area contributed by atoms with Crippen LogP contribution < -0.4 is 0 Å². The highest BCUT2D eigenvalue weighted by Gasteiger charge is 2.42. The molecule has 0 aromatic heterocycles. The smallest absolute Gasteiger partial charge is 0.303 e. The van der Waals surface area contributed by atoms with Gasteiger partial charge in [0.2, 0.25) is 5.79 Å². The molecule has 1 fully saturated rings. The lowest BCUT2D eigenvalue weighted by Gasteiger charge is -2.28. The molecule has 0 N–H and O–H groups in total. The number of hydrogen-bond acceptors (Lipinski definition) is 4. The summed E-state index contributed by atoms with van der Waals surface area (Å²) in [5.74, 6) is -1.11. The van der Waals surface area contributed by atoms with Crippen LogP contribution in [0.25, 0.3) is 0 Å². The van der Waals surface area contributed by atoms with Gasteiger partial charge in [-0.05, 0) is 20.8 Å². The van der Waals surface area contributed by atoms with E-state index < -0.39 is 5.79 Å². The fourth-order valence-electron chi connectivity index (χ4n) is 1.32. The third kappa shape index (κ3) is 2.42. The summed E-state index contributed by atoms with van der Waals surface area (Å²) in [4.78, 5) is 10.7. The molecule has 3 atom stereocenters. The Morgan fingerprint density at radius 1 is 1.69 bits per heavy atom. The lowest BCUT2D eigenvalue weighted by Crippen LogP contribution is -2.41. The van der Waals surface area contributed by atoms with Crippen molar-refractivity contribution in [3.05, 3.63) is 0 Å². The minimum atomic E-state index is -0.787. The maximum Gasteiger partial charge on any atom is 0.303 e. The van der Waals surface area contributed by atoms with Gasteiger partial charge in [-0.3, -0.25) is 4.79 Å². The fourth-order valence-corrected chi connectivity index (χ4v) is 1.32. The third-order valence-corrected chi connectivity index (χ3v) is 2.12. The quantitative estimate of drug-likeness (QED) is 0.608.